The van der Waals surface area contributed by atoms with E-state index in [-0.39, 0.29) is 22.8 Å². The molecule has 1 spiro atoms. The van der Waals surface area contributed by atoms with Crippen LogP contribution >= 0.6 is 0 Å². The zero-order valence-electron chi connectivity index (χ0n) is 14.3. The second-order valence-electron chi connectivity index (χ2n) is 7.66. The van der Waals surface area contributed by atoms with Gasteiger partial charge in [0.25, 0.3) is 10.0 Å². The Morgan fingerprint density at radius 3 is 2.36 bits per heavy atom. The Morgan fingerprint density at radius 2 is 1.72 bits per heavy atom. The molecular formula is C18H22N2O4S. The Bertz CT molecular complexity index is 825. The monoisotopic (exact) mass is 362 g/mol. The van der Waals surface area contributed by atoms with Crippen molar-refractivity contribution in [3.63, 3.8) is 0 Å². The van der Waals surface area contributed by atoms with Gasteiger partial charge in [-0.1, -0.05) is 30.5 Å². The van der Waals surface area contributed by atoms with Crippen molar-refractivity contribution in [1.82, 2.24) is 9.21 Å². The summed E-state index contributed by atoms with van der Waals surface area (Å²) in [7, 11) is -4.16. The molecule has 0 radical (unpaired) electrons. The van der Waals surface area contributed by atoms with Crippen molar-refractivity contribution in [1.29, 1.82) is 0 Å². The third-order valence-electron chi connectivity index (χ3n) is 5.89. The van der Waals surface area contributed by atoms with Crippen molar-refractivity contribution in [3.05, 3.63) is 29.8 Å². The molecule has 1 aromatic carbocycles. The van der Waals surface area contributed by atoms with Gasteiger partial charge < -0.3 is 4.90 Å². The largest absolute Gasteiger partial charge is 0.341 e. The van der Waals surface area contributed by atoms with Crippen LogP contribution in [0.1, 0.15) is 44.1 Å². The molecule has 0 aromatic heterocycles. The number of hydrogen-bond donors (Lipinski definition) is 0. The number of amides is 3. The van der Waals surface area contributed by atoms with Gasteiger partial charge in [0, 0.05) is 19.0 Å². The third kappa shape index (κ3) is 2.56. The number of imide groups is 1. The number of carbonyl (C=O) groups excluding carboxylic acids is 2. The van der Waals surface area contributed by atoms with Crippen LogP contribution in [0.3, 0.4) is 0 Å². The fourth-order valence-corrected chi connectivity index (χ4v) is 5.96. The van der Waals surface area contributed by atoms with Gasteiger partial charge in [-0.25, -0.2) is 13.2 Å². The van der Waals surface area contributed by atoms with Crippen molar-refractivity contribution < 1.29 is 18.0 Å². The number of nitrogens with zero attached hydrogens (tertiary/aromatic N) is 2. The molecule has 1 saturated carbocycles. The fourth-order valence-electron chi connectivity index (χ4n) is 4.62. The minimum absolute atomic E-state index is 0.0203. The van der Waals surface area contributed by atoms with Gasteiger partial charge in [-0.15, -0.1) is 0 Å². The standard InChI is InChI=1S/C18H22N2O4S/c1-13-4-6-15(7-5-13)25(23,24)20-16(21)10-14-11-18(8-2-3-9-18)12-19(14)17(20)22/h4-7,14H,2-3,8-12H2,1H3. The first kappa shape index (κ1) is 16.6. The van der Waals surface area contributed by atoms with E-state index in [1.54, 1.807) is 17.0 Å². The topological polar surface area (TPSA) is 74.8 Å². The number of hydrogen-bond acceptors (Lipinski definition) is 4. The lowest BCUT2D eigenvalue weighted by atomic mass is 9.83. The van der Waals surface area contributed by atoms with Crippen LogP contribution in [0.5, 0.6) is 0 Å². The molecule has 3 amide bonds. The first-order valence-electron chi connectivity index (χ1n) is 8.78. The third-order valence-corrected chi connectivity index (χ3v) is 7.60. The number of benzene rings is 1. The highest BCUT2D eigenvalue weighted by Gasteiger charge is 2.54. The fraction of sp³-hybridized carbons (Fsp3) is 0.556. The van der Waals surface area contributed by atoms with Crippen LogP contribution in [0.15, 0.2) is 29.2 Å². The summed E-state index contributed by atoms with van der Waals surface area (Å²) in [5, 5.41) is 0. The summed E-state index contributed by atoms with van der Waals surface area (Å²) >= 11 is 0. The minimum atomic E-state index is -4.16. The van der Waals surface area contributed by atoms with Gasteiger partial charge in [-0.05, 0) is 43.7 Å². The maximum atomic E-state index is 12.9. The maximum absolute atomic E-state index is 12.9. The maximum Gasteiger partial charge on any atom is 0.341 e. The minimum Gasteiger partial charge on any atom is -0.319 e. The molecule has 2 aliphatic heterocycles. The molecule has 3 fully saturated rings. The molecule has 1 unspecified atom stereocenters. The van der Waals surface area contributed by atoms with Crippen molar-refractivity contribution >= 4 is 22.0 Å². The zero-order chi connectivity index (χ0) is 17.8. The van der Waals surface area contributed by atoms with Gasteiger partial charge in [-0.3, -0.25) is 4.79 Å². The van der Waals surface area contributed by atoms with Crippen LogP contribution in [0, 0.1) is 12.3 Å². The van der Waals surface area contributed by atoms with Crippen LogP contribution in [-0.2, 0) is 14.8 Å². The lowest BCUT2D eigenvalue weighted by Gasteiger charge is -2.35. The number of urea groups is 1. The van der Waals surface area contributed by atoms with Crippen molar-refractivity contribution in [2.24, 2.45) is 5.41 Å². The van der Waals surface area contributed by atoms with E-state index in [0.717, 1.165) is 37.7 Å². The van der Waals surface area contributed by atoms with Gasteiger partial charge >= 0.3 is 6.03 Å². The van der Waals surface area contributed by atoms with E-state index in [1.165, 1.54) is 12.1 Å². The predicted octanol–water partition coefficient (Wildman–Crippen LogP) is 2.67. The average Bonchev–Trinajstić information content (AvgIpc) is 3.14. The molecule has 134 valence electrons. The summed E-state index contributed by atoms with van der Waals surface area (Å²) in [6, 6.07) is 5.39. The van der Waals surface area contributed by atoms with Crippen LogP contribution in [-0.4, -0.2) is 42.1 Å². The van der Waals surface area contributed by atoms with Crippen molar-refractivity contribution in [3.8, 4) is 0 Å². The van der Waals surface area contributed by atoms with E-state index in [4.69, 9.17) is 0 Å². The van der Waals surface area contributed by atoms with Crippen LogP contribution in [0.2, 0.25) is 0 Å². The first-order valence-corrected chi connectivity index (χ1v) is 10.2. The molecule has 2 heterocycles. The highest BCUT2D eigenvalue weighted by atomic mass is 32.2. The molecule has 7 heteroatoms. The molecule has 4 rings (SSSR count). The predicted molar refractivity (Wildman–Crippen MR) is 91.2 cm³/mol. The number of carbonyl (C=O) groups is 2. The quantitative estimate of drug-likeness (QED) is 0.811. The van der Waals surface area contributed by atoms with E-state index in [0.29, 0.717) is 10.8 Å². The number of aryl methyl sites for hydroxylation is 1. The van der Waals surface area contributed by atoms with Gasteiger partial charge in [-0.2, -0.15) is 4.31 Å². The normalized spacial score (nSPS) is 25.7. The molecule has 1 aliphatic carbocycles. The Labute approximate surface area is 147 Å². The lowest BCUT2D eigenvalue weighted by Crippen LogP contribution is -2.56. The van der Waals surface area contributed by atoms with Gasteiger partial charge in [0.05, 0.1) is 4.90 Å². The Kier molecular flexibility index (Phi) is 3.68. The Morgan fingerprint density at radius 1 is 1.08 bits per heavy atom. The summed E-state index contributed by atoms with van der Waals surface area (Å²) in [4.78, 5) is 27.0. The summed E-state index contributed by atoms with van der Waals surface area (Å²) in [6.07, 6.45) is 5.34. The highest BCUT2D eigenvalue weighted by molar-refractivity contribution is 7.90. The molecular weight excluding hydrogens is 340 g/mol. The number of fused-ring (bicyclic) bond motifs is 1. The average molecular weight is 362 g/mol. The second kappa shape index (κ2) is 5.56. The number of sulfonamides is 1. The molecule has 6 nitrogen and oxygen atoms in total. The highest BCUT2D eigenvalue weighted by Crippen LogP contribution is 2.49. The van der Waals surface area contributed by atoms with Crippen LogP contribution in [0.4, 0.5) is 4.79 Å². The molecule has 3 aliphatic rings. The molecule has 1 atom stereocenters. The molecule has 2 saturated heterocycles. The van der Waals surface area contributed by atoms with Crippen molar-refractivity contribution in [2.45, 2.75) is 56.4 Å². The summed E-state index contributed by atoms with van der Waals surface area (Å²) in [6.45, 7) is 2.42. The van der Waals surface area contributed by atoms with E-state index in [2.05, 4.69) is 0 Å². The van der Waals surface area contributed by atoms with E-state index in [1.807, 2.05) is 6.92 Å². The lowest BCUT2D eigenvalue weighted by molar-refractivity contribution is -0.127. The molecule has 25 heavy (non-hydrogen) atoms. The van der Waals surface area contributed by atoms with Crippen LogP contribution in [0.25, 0.3) is 0 Å². The first-order chi connectivity index (χ1) is 11.8. The smallest absolute Gasteiger partial charge is 0.319 e. The van der Waals surface area contributed by atoms with Gasteiger partial charge in [0.1, 0.15) is 0 Å². The SMILES string of the molecule is Cc1ccc(S(=O)(=O)N2C(=O)CC3CC4(CCCC4)CN3C2=O)cc1. The van der Waals surface area contributed by atoms with Crippen LogP contribution < -0.4 is 0 Å². The van der Waals surface area contributed by atoms with Crippen molar-refractivity contribution in [2.75, 3.05) is 6.54 Å². The number of rotatable bonds is 2. The summed E-state index contributed by atoms with van der Waals surface area (Å²) < 4.78 is 26.2. The van der Waals surface area contributed by atoms with E-state index >= 15 is 0 Å². The summed E-state index contributed by atoms with van der Waals surface area (Å²) in [5.41, 5.74) is 1.00. The Balaban J connectivity index is 1.66. The molecule has 0 bridgehead atoms. The van der Waals surface area contributed by atoms with Gasteiger partial charge in [0.15, 0.2) is 0 Å². The van der Waals surface area contributed by atoms with Gasteiger partial charge in [0.2, 0.25) is 5.91 Å². The molecule has 1 aromatic rings. The summed E-state index contributed by atoms with van der Waals surface area (Å²) in [5.74, 6) is -0.609. The van der Waals surface area contributed by atoms with E-state index in [9.17, 15) is 18.0 Å². The molecule has 0 N–H and O–H groups in total. The van der Waals surface area contributed by atoms with E-state index < -0.39 is 22.0 Å². The second-order valence-corrected chi connectivity index (χ2v) is 9.44. The zero-order valence-corrected chi connectivity index (χ0v) is 15.1. The Hall–Kier alpha value is -1.89.